The first kappa shape index (κ1) is 23.9. The number of carboxylic acid groups (broad SMARTS) is 2. The summed E-state index contributed by atoms with van der Waals surface area (Å²) in [5.41, 5.74) is -0.152. The summed E-state index contributed by atoms with van der Waals surface area (Å²) in [5.74, 6) is -3.38. The molecule has 0 bridgehead atoms. The molecular weight excluding hydrogens is 445 g/mol. The molecule has 0 amide bonds. The number of rotatable bonds is 5. The van der Waals surface area contributed by atoms with Crippen molar-refractivity contribution >= 4 is 41.3 Å². The van der Waals surface area contributed by atoms with Crippen molar-refractivity contribution in [1.29, 1.82) is 0 Å². The number of carbonyl (C=O) groups is 2. The summed E-state index contributed by atoms with van der Waals surface area (Å²) in [4.78, 5) is 26.1. The summed E-state index contributed by atoms with van der Waals surface area (Å²) >= 11 is 1.14. The number of carboxylic acids is 2. The second kappa shape index (κ2) is 11.0. The van der Waals surface area contributed by atoms with Gasteiger partial charge >= 0.3 is 11.9 Å². The zero-order valence-corrected chi connectivity index (χ0v) is 16.6. The van der Waals surface area contributed by atoms with Crippen molar-refractivity contribution in [2.75, 3.05) is 6.26 Å². The van der Waals surface area contributed by atoms with Gasteiger partial charge in [-0.1, -0.05) is 23.9 Å². The van der Waals surface area contributed by atoms with E-state index in [1.807, 2.05) is 0 Å². The van der Waals surface area contributed by atoms with Gasteiger partial charge in [-0.05, 0) is 30.5 Å². The average molecular weight is 460 g/mol. The monoisotopic (exact) mass is 459 g/mol. The van der Waals surface area contributed by atoms with Gasteiger partial charge in [0.15, 0.2) is 0 Å². The minimum absolute atomic E-state index is 0. The quantitative estimate of drug-likeness (QED) is 0.232. The van der Waals surface area contributed by atoms with Crippen LogP contribution in [0.5, 0.6) is 11.5 Å². The molecule has 9 nitrogen and oxygen atoms in total. The average Bonchev–Trinajstić information content (AvgIpc) is 2.66. The van der Waals surface area contributed by atoms with E-state index in [2.05, 4.69) is 15.2 Å². The molecule has 0 atom stereocenters. The zero-order valence-electron chi connectivity index (χ0n) is 14.8. The Morgan fingerprint density at radius 2 is 1.38 bits per heavy atom. The normalized spacial score (nSPS) is 11.6. The molecule has 0 aromatic heterocycles. The number of aliphatic imine (C=N–C) groups is 1. The number of nitrogens with zero attached hydrogens (tertiary/aromatic N) is 3. The van der Waals surface area contributed by atoms with E-state index in [-0.39, 0.29) is 43.9 Å². The Bertz CT molecular complexity index is 1010. The van der Waals surface area contributed by atoms with Crippen molar-refractivity contribution in [2.45, 2.75) is 0 Å². The van der Waals surface area contributed by atoms with Gasteiger partial charge in [0.2, 0.25) is 5.17 Å². The summed E-state index contributed by atoms with van der Waals surface area (Å²) in [7, 11) is 0. The minimum atomic E-state index is -1.27. The third-order valence-electron chi connectivity index (χ3n) is 3.43. The molecule has 0 aliphatic carbocycles. The van der Waals surface area contributed by atoms with Gasteiger partial charge < -0.3 is 20.4 Å². The fraction of sp³-hybridized carbons (Fsp3) is 0.0556. The maximum atomic E-state index is 11.0. The molecule has 0 saturated heterocycles. The molecule has 4 N–H and O–H groups in total. The van der Waals surface area contributed by atoms with Crippen molar-refractivity contribution in [3.8, 4) is 11.5 Å². The predicted octanol–water partition coefficient (Wildman–Crippen LogP) is 2.66. The second-order valence-electron chi connectivity index (χ2n) is 5.19. The van der Waals surface area contributed by atoms with E-state index in [0.29, 0.717) is 0 Å². The van der Waals surface area contributed by atoms with Crippen LogP contribution in [0.15, 0.2) is 51.6 Å². The van der Waals surface area contributed by atoms with Gasteiger partial charge in [0.1, 0.15) is 22.6 Å². The number of benzene rings is 2. The molecule has 154 valence electrons. The first-order chi connectivity index (χ1) is 13.3. The molecule has 0 saturated carbocycles. The fourth-order valence-electron chi connectivity index (χ4n) is 2.06. The Morgan fingerprint density at radius 3 is 1.83 bits per heavy atom. The number of aromatic carboxylic acids is 2. The molecule has 0 aliphatic heterocycles. The van der Waals surface area contributed by atoms with E-state index in [0.717, 1.165) is 11.8 Å². The van der Waals surface area contributed by atoms with Crippen LogP contribution in [-0.2, 0) is 16.5 Å². The molecule has 2 aromatic carbocycles. The van der Waals surface area contributed by atoms with E-state index < -0.39 is 23.4 Å². The van der Waals surface area contributed by atoms with Crippen molar-refractivity contribution in [2.24, 2.45) is 15.2 Å². The maximum absolute atomic E-state index is 11.0. The van der Waals surface area contributed by atoms with Crippen molar-refractivity contribution < 1.29 is 46.5 Å². The summed E-state index contributed by atoms with van der Waals surface area (Å²) in [6.45, 7) is 0. The van der Waals surface area contributed by atoms with Crippen LogP contribution in [0.4, 0.5) is 0 Å². The minimum Gasteiger partial charge on any atom is -0.506 e. The van der Waals surface area contributed by atoms with E-state index in [9.17, 15) is 19.8 Å². The van der Waals surface area contributed by atoms with Gasteiger partial charge in [0.25, 0.3) is 0 Å². The van der Waals surface area contributed by atoms with Crippen LogP contribution in [0.25, 0.3) is 0 Å². The largest absolute Gasteiger partial charge is 0.506 e. The van der Waals surface area contributed by atoms with Crippen LogP contribution in [0.1, 0.15) is 31.8 Å². The van der Waals surface area contributed by atoms with Crippen molar-refractivity contribution in [3.05, 3.63) is 58.7 Å². The third kappa shape index (κ3) is 6.16. The maximum Gasteiger partial charge on any atom is 0.339 e. The van der Waals surface area contributed by atoms with Gasteiger partial charge in [0, 0.05) is 33.8 Å². The van der Waals surface area contributed by atoms with Gasteiger partial charge in [0.05, 0.1) is 6.21 Å². The van der Waals surface area contributed by atoms with E-state index >= 15 is 0 Å². The van der Waals surface area contributed by atoms with Crippen LogP contribution in [0.3, 0.4) is 0 Å². The SMILES string of the molecule is CSC(N=Cc1cccc(C(=O)O)c1O)=NN=Cc1cccc(C(=O)O)c1O.[Ni]. The number of hydrogen-bond donors (Lipinski definition) is 4. The molecule has 0 radical (unpaired) electrons. The number of phenols is 2. The molecule has 0 unspecified atom stereocenters. The smallest absolute Gasteiger partial charge is 0.339 e. The third-order valence-corrected chi connectivity index (χ3v) is 3.98. The Morgan fingerprint density at radius 1 is 0.897 bits per heavy atom. The molecule has 0 spiro atoms. The zero-order chi connectivity index (χ0) is 20.7. The Hall–Kier alpha value is -3.17. The topological polar surface area (TPSA) is 152 Å². The standard InChI is InChI=1S/C18H15N3O6S.Ni/c1-28-18(19-8-10-4-2-6-12(14(10)22)16(24)25)21-20-9-11-5-3-7-13(15(11)23)17(26)27;/h2-9,22-23H,1H3,(H,24,25)(H,26,27);. The van der Waals surface area contributed by atoms with Gasteiger partial charge in [-0.3, -0.25) is 0 Å². The number of hydrogen-bond acceptors (Lipinski definition) is 7. The van der Waals surface area contributed by atoms with Crippen molar-refractivity contribution in [3.63, 3.8) is 0 Å². The van der Waals surface area contributed by atoms with E-state index in [1.54, 1.807) is 6.26 Å². The summed E-state index contributed by atoms with van der Waals surface area (Å²) in [6, 6.07) is 8.41. The van der Waals surface area contributed by atoms with Crippen molar-refractivity contribution in [1.82, 2.24) is 0 Å². The molecule has 0 heterocycles. The van der Waals surface area contributed by atoms with E-state index in [1.165, 1.54) is 48.8 Å². The Kier molecular flexibility index (Phi) is 9.04. The molecule has 11 heteroatoms. The van der Waals surface area contributed by atoms with Gasteiger partial charge in [-0.25, -0.2) is 14.6 Å². The van der Waals surface area contributed by atoms with E-state index in [4.69, 9.17) is 10.2 Å². The van der Waals surface area contributed by atoms with Gasteiger partial charge in [-0.15, -0.1) is 5.10 Å². The first-order valence-electron chi connectivity index (χ1n) is 7.64. The predicted molar refractivity (Wildman–Crippen MR) is 106 cm³/mol. The summed E-state index contributed by atoms with van der Waals surface area (Å²) < 4.78 is 0. The molecule has 29 heavy (non-hydrogen) atoms. The Labute approximate surface area is 179 Å². The Balaban J connectivity index is 0.00000420. The molecule has 0 aliphatic rings. The summed E-state index contributed by atoms with van der Waals surface area (Å²) in [5, 5.41) is 45.6. The molecular formula is C18H15N3NiO6S. The fourth-order valence-corrected chi connectivity index (χ4v) is 2.35. The van der Waals surface area contributed by atoms with Crippen LogP contribution in [0.2, 0.25) is 0 Å². The number of para-hydroxylation sites is 2. The molecule has 2 aromatic rings. The van der Waals surface area contributed by atoms with Crippen LogP contribution < -0.4 is 0 Å². The summed E-state index contributed by atoms with van der Waals surface area (Å²) in [6.07, 6.45) is 4.10. The van der Waals surface area contributed by atoms with Crippen LogP contribution in [0, 0.1) is 0 Å². The first-order valence-corrected chi connectivity index (χ1v) is 8.87. The molecule has 2 rings (SSSR count). The second-order valence-corrected chi connectivity index (χ2v) is 5.96. The number of aromatic hydroxyl groups is 2. The number of thioether (sulfide) groups is 1. The number of amidine groups is 1. The molecule has 0 fully saturated rings. The van der Waals surface area contributed by atoms with Crippen LogP contribution in [-0.4, -0.2) is 56.2 Å². The van der Waals surface area contributed by atoms with Crippen LogP contribution >= 0.6 is 11.8 Å². The van der Waals surface area contributed by atoms with Gasteiger partial charge in [-0.2, -0.15) is 5.10 Å².